The summed E-state index contributed by atoms with van der Waals surface area (Å²) >= 11 is 3.35. The van der Waals surface area contributed by atoms with Gasteiger partial charge in [0.1, 0.15) is 11.5 Å². The van der Waals surface area contributed by atoms with E-state index in [1.54, 1.807) is 60.7 Å². The highest BCUT2D eigenvalue weighted by molar-refractivity contribution is 9.10. The average molecular weight is 574 g/mol. The maximum Gasteiger partial charge on any atom is 0.343 e. The zero-order valence-electron chi connectivity index (χ0n) is 19.3. The fourth-order valence-corrected chi connectivity index (χ4v) is 4.22. The van der Waals surface area contributed by atoms with E-state index in [2.05, 4.69) is 31.2 Å². The van der Waals surface area contributed by atoms with E-state index in [9.17, 15) is 18.0 Å². The molecule has 9 nitrogen and oxygen atoms in total. The summed E-state index contributed by atoms with van der Waals surface area (Å²) in [6.45, 7) is 2.08. The Morgan fingerprint density at radius 1 is 1.03 bits per heavy atom. The second-order valence-corrected chi connectivity index (χ2v) is 10.1. The van der Waals surface area contributed by atoms with Gasteiger partial charge in [-0.05, 0) is 61.0 Å². The van der Waals surface area contributed by atoms with Gasteiger partial charge in [0, 0.05) is 10.0 Å². The SMILES string of the molecule is CCCOc1ccc(C(=O)Oc2ccc(Br)cc2C=NNC(=O)CNS(=O)(=O)c2ccccc2)cc1. The topological polar surface area (TPSA) is 123 Å². The summed E-state index contributed by atoms with van der Waals surface area (Å²) in [6, 6.07) is 19.2. The van der Waals surface area contributed by atoms with E-state index in [0.29, 0.717) is 28.0 Å². The third kappa shape index (κ3) is 8.01. The maximum atomic E-state index is 12.6. The van der Waals surface area contributed by atoms with Crippen LogP contribution in [0.15, 0.2) is 87.3 Å². The van der Waals surface area contributed by atoms with E-state index < -0.39 is 28.4 Å². The summed E-state index contributed by atoms with van der Waals surface area (Å²) in [7, 11) is -3.83. The number of carbonyl (C=O) groups is 2. The molecular weight excluding hydrogens is 550 g/mol. The minimum absolute atomic E-state index is 0.0463. The Labute approximate surface area is 217 Å². The number of halogens is 1. The molecular formula is C25H24BrN3O6S. The Morgan fingerprint density at radius 3 is 2.44 bits per heavy atom. The number of rotatable bonds is 11. The molecule has 36 heavy (non-hydrogen) atoms. The number of amides is 1. The van der Waals surface area contributed by atoms with Crippen molar-refractivity contribution in [1.29, 1.82) is 0 Å². The lowest BCUT2D eigenvalue weighted by Crippen LogP contribution is -2.34. The van der Waals surface area contributed by atoms with Crippen LogP contribution in [0, 0.1) is 0 Å². The van der Waals surface area contributed by atoms with Gasteiger partial charge >= 0.3 is 5.97 Å². The lowest BCUT2D eigenvalue weighted by molar-refractivity contribution is -0.119. The molecule has 2 N–H and O–H groups in total. The summed E-state index contributed by atoms with van der Waals surface area (Å²) in [4.78, 5) is 24.7. The summed E-state index contributed by atoms with van der Waals surface area (Å²) < 4.78 is 38.3. The van der Waals surface area contributed by atoms with Crippen LogP contribution in [0.4, 0.5) is 0 Å². The van der Waals surface area contributed by atoms with Gasteiger partial charge in [0.25, 0.3) is 5.91 Å². The zero-order valence-corrected chi connectivity index (χ0v) is 21.7. The molecule has 0 radical (unpaired) electrons. The van der Waals surface area contributed by atoms with E-state index >= 15 is 0 Å². The van der Waals surface area contributed by atoms with Crippen LogP contribution >= 0.6 is 15.9 Å². The van der Waals surface area contributed by atoms with Crippen LogP contribution in [0.5, 0.6) is 11.5 Å². The van der Waals surface area contributed by atoms with Crippen LogP contribution < -0.4 is 19.6 Å². The molecule has 188 valence electrons. The standard InChI is InChI=1S/C25H24BrN3O6S/c1-2-14-34-21-11-8-18(9-12-21)25(31)35-23-13-10-20(26)15-19(23)16-27-29-24(30)17-28-36(32,33)22-6-4-3-5-7-22/h3-13,15-16,28H,2,14,17H2,1H3,(H,29,30). The molecule has 0 aliphatic carbocycles. The number of ether oxygens (including phenoxy) is 2. The van der Waals surface area contributed by atoms with Crippen molar-refractivity contribution in [3.8, 4) is 11.5 Å². The molecule has 0 unspecified atom stereocenters. The largest absolute Gasteiger partial charge is 0.494 e. The lowest BCUT2D eigenvalue weighted by Gasteiger charge is -2.09. The molecule has 11 heteroatoms. The molecule has 3 aromatic rings. The zero-order chi connectivity index (χ0) is 26.0. The molecule has 0 aliphatic heterocycles. The van der Waals surface area contributed by atoms with E-state index in [4.69, 9.17) is 9.47 Å². The van der Waals surface area contributed by atoms with Gasteiger partial charge in [0.15, 0.2) is 0 Å². The van der Waals surface area contributed by atoms with Crippen LogP contribution in [0.2, 0.25) is 0 Å². The number of carbonyl (C=O) groups excluding carboxylic acids is 2. The first-order valence-electron chi connectivity index (χ1n) is 10.9. The van der Waals surface area contributed by atoms with Gasteiger partial charge in [0.2, 0.25) is 10.0 Å². The second-order valence-electron chi connectivity index (χ2n) is 7.38. The summed E-state index contributed by atoms with van der Waals surface area (Å²) in [6.07, 6.45) is 2.17. The number of benzene rings is 3. The molecule has 0 bridgehead atoms. The number of hydrogen-bond donors (Lipinski definition) is 2. The van der Waals surface area contributed by atoms with Crippen LogP contribution in [0.25, 0.3) is 0 Å². The molecule has 0 fully saturated rings. The van der Waals surface area contributed by atoms with Crippen molar-refractivity contribution < 1.29 is 27.5 Å². The molecule has 0 saturated heterocycles. The van der Waals surface area contributed by atoms with E-state index in [-0.39, 0.29) is 10.6 Å². The Morgan fingerprint density at radius 2 is 1.75 bits per heavy atom. The highest BCUT2D eigenvalue weighted by atomic mass is 79.9. The van der Waals surface area contributed by atoms with Crippen LogP contribution in [-0.4, -0.2) is 39.7 Å². The van der Waals surface area contributed by atoms with Crippen molar-refractivity contribution >= 4 is 44.0 Å². The number of hydrazone groups is 1. The number of nitrogens with one attached hydrogen (secondary N) is 2. The fraction of sp³-hybridized carbons (Fsp3) is 0.160. The van der Waals surface area contributed by atoms with Crippen molar-refractivity contribution in [2.75, 3.05) is 13.2 Å². The monoisotopic (exact) mass is 573 g/mol. The molecule has 0 heterocycles. The number of esters is 1. The smallest absolute Gasteiger partial charge is 0.343 e. The average Bonchev–Trinajstić information content (AvgIpc) is 2.88. The first-order valence-corrected chi connectivity index (χ1v) is 13.2. The van der Waals surface area contributed by atoms with E-state index in [1.807, 2.05) is 6.92 Å². The van der Waals surface area contributed by atoms with Crippen molar-refractivity contribution in [3.63, 3.8) is 0 Å². The van der Waals surface area contributed by atoms with Crippen molar-refractivity contribution in [3.05, 3.63) is 88.4 Å². The molecule has 0 aromatic heterocycles. The molecule has 3 aromatic carbocycles. The van der Waals surface area contributed by atoms with Crippen molar-refractivity contribution in [1.82, 2.24) is 10.1 Å². The molecule has 0 saturated carbocycles. The quantitative estimate of drug-likeness (QED) is 0.155. The fourth-order valence-electron chi connectivity index (χ4n) is 2.84. The van der Waals surface area contributed by atoms with E-state index in [0.717, 1.165) is 6.42 Å². The van der Waals surface area contributed by atoms with Crippen molar-refractivity contribution in [2.24, 2.45) is 5.10 Å². The molecule has 1 amide bonds. The molecule has 0 aliphatic rings. The van der Waals surface area contributed by atoms with Gasteiger partial charge in [-0.15, -0.1) is 0 Å². The number of nitrogens with zero attached hydrogens (tertiary/aromatic N) is 1. The summed E-state index contributed by atoms with van der Waals surface area (Å²) in [5, 5.41) is 3.85. The Bertz CT molecular complexity index is 1330. The van der Waals surface area contributed by atoms with Crippen LogP contribution in [0.3, 0.4) is 0 Å². The third-order valence-electron chi connectivity index (χ3n) is 4.61. The van der Waals surface area contributed by atoms with Gasteiger partial charge in [0.05, 0.1) is 29.8 Å². The lowest BCUT2D eigenvalue weighted by atomic mass is 10.2. The van der Waals surface area contributed by atoms with Gasteiger partial charge in [-0.1, -0.05) is 41.1 Å². The molecule has 0 spiro atoms. The number of hydrogen-bond acceptors (Lipinski definition) is 7. The van der Waals surface area contributed by atoms with Crippen LogP contribution in [-0.2, 0) is 14.8 Å². The van der Waals surface area contributed by atoms with Gasteiger partial charge < -0.3 is 9.47 Å². The molecule has 0 atom stereocenters. The first kappa shape index (κ1) is 27.1. The minimum atomic E-state index is -3.83. The Kier molecular flexibility index (Phi) is 9.74. The predicted octanol–water partition coefficient (Wildman–Crippen LogP) is 3.89. The van der Waals surface area contributed by atoms with Gasteiger partial charge in [-0.3, -0.25) is 4.79 Å². The highest BCUT2D eigenvalue weighted by Gasteiger charge is 2.15. The van der Waals surface area contributed by atoms with Crippen LogP contribution in [0.1, 0.15) is 29.3 Å². The van der Waals surface area contributed by atoms with Gasteiger partial charge in [-0.25, -0.2) is 23.4 Å². The highest BCUT2D eigenvalue weighted by Crippen LogP contribution is 2.23. The summed E-state index contributed by atoms with van der Waals surface area (Å²) in [5.41, 5.74) is 2.99. The molecule has 3 rings (SSSR count). The second kappa shape index (κ2) is 13.0. The predicted molar refractivity (Wildman–Crippen MR) is 139 cm³/mol. The Hall–Kier alpha value is -3.54. The number of sulfonamides is 1. The third-order valence-corrected chi connectivity index (χ3v) is 6.52. The summed E-state index contributed by atoms with van der Waals surface area (Å²) in [5.74, 6) is -0.373. The van der Waals surface area contributed by atoms with Gasteiger partial charge in [-0.2, -0.15) is 5.10 Å². The first-order chi connectivity index (χ1) is 17.3. The van der Waals surface area contributed by atoms with Crippen molar-refractivity contribution in [2.45, 2.75) is 18.2 Å². The Balaban J connectivity index is 1.60. The normalized spacial score (nSPS) is 11.3. The maximum absolute atomic E-state index is 12.6. The van der Waals surface area contributed by atoms with E-state index in [1.165, 1.54) is 18.3 Å². The minimum Gasteiger partial charge on any atom is -0.494 e.